The second-order valence-electron chi connectivity index (χ2n) is 7.04. The molecule has 1 aliphatic heterocycles. The van der Waals surface area contributed by atoms with E-state index in [1.165, 1.54) is 18.5 Å². The molecule has 3 aromatic rings. The molecule has 1 saturated heterocycles. The van der Waals surface area contributed by atoms with Gasteiger partial charge < -0.3 is 10.5 Å². The van der Waals surface area contributed by atoms with E-state index in [2.05, 4.69) is 9.97 Å². The minimum Gasteiger partial charge on any atom is -0.490 e. The molecule has 2 heterocycles. The average Bonchev–Trinajstić information content (AvgIpc) is 2.71. The molecule has 0 atom stereocenters. The predicted octanol–water partition coefficient (Wildman–Crippen LogP) is 4.82. The minimum atomic E-state index is -2.46. The van der Waals surface area contributed by atoms with Gasteiger partial charge in [0.2, 0.25) is 0 Å². The van der Waals surface area contributed by atoms with Crippen LogP contribution in [0.1, 0.15) is 12.8 Å². The Hall–Kier alpha value is -2.68. The van der Waals surface area contributed by atoms with Crippen molar-refractivity contribution in [1.29, 1.82) is 0 Å². The highest BCUT2D eigenvalue weighted by Crippen LogP contribution is 2.45. The van der Waals surface area contributed by atoms with Crippen molar-refractivity contribution in [3.05, 3.63) is 60.7 Å². The Bertz CT molecular complexity index is 1000. The van der Waals surface area contributed by atoms with E-state index >= 15 is 0 Å². The summed E-state index contributed by atoms with van der Waals surface area (Å²) in [4.78, 5) is 8.09. The lowest BCUT2D eigenvalue weighted by Crippen LogP contribution is -2.28. The van der Waals surface area contributed by atoms with E-state index in [1.54, 1.807) is 6.07 Å². The lowest BCUT2D eigenvalue weighted by atomic mass is 10.0. The van der Waals surface area contributed by atoms with Gasteiger partial charge in [-0.1, -0.05) is 24.3 Å². The second kappa shape index (κ2) is 7.98. The fourth-order valence-electron chi connectivity index (χ4n) is 3.36. The molecule has 0 aliphatic carbocycles. The SMILES string of the molecule is Nc1cnc(-c2ccc(-c3ccccc3OC3CCS(O)(O)CC3)cc2F)cn1. The van der Waals surface area contributed by atoms with Crippen LogP contribution in [0.5, 0.6) is 5.75 Å². The van der Waals surface area contributed by atoms with Crippen LogP contribution in [0.25, 0.3) is 22.4 Å². The predicted molar refractivity (Wildman–Crippen MR) is 114 cm³/mol. The van der Waals surface area contributed by atoms with Crippen LogP contribution < -0.4 is 10.5 Å². The zero-order valence-electron chi connectivity index (χ0n) is 15.7. The third-order valence-corrected chi connectivity index (χ3v) is 6.72. The van der Waals surface area contributed by atoms with Gasteiger partial charge >= 0.3 is 0 Å². The largest absolute Gasteiger partial charge is 0.490 e. The van der Waals surface area contributed by atoms with Crippen LogP contribution >= 0.6 is 10.6 Å². The van der Waals surface area contributed by atoms with Crippen molar-refractivity contribution in [2.75, 3.05) is 17.2 Å². The number of hydrogen-bond acceptors (Lipinski definition) is 6. The third-order valence-electron chi connectivity index (χ3n) is 4.94. The van der Waals surface area contributed by atoms with Crippen LogP contribution in [0.2, 0.25) is 0 Å². The van der Waals surface area contributed by atoms with Gasteiger partial charge in [-0.3, -0.25) is 14.1 Å². The highest BCUT2D eigenvalue weighted by molar-refractivity contribution is 8.24. The molecule has 0 unspecified atom stereocenters. The Morgan fingerprint density at radius 1 is 1.00 bits per heavy atom. The Morgan fingerprint density at radius 2 is 1.76 bits per heavy atom. The van der Waals surface area contributed by atoms with Gasteiger partial charge in [0, 0.05) is 35.5 Å². The summed E-state index contributed by atoms with van der Waals surface area (Å²) < 4.78 is 40.5. The van der Waals surface area contributed by atoms with Crippen LogP contribution in [0.15, 0.2) is 54.9 Å². The van der Waals surface area contributed by atoms with Gasteiger partial charge in [0.05, 0.1) is 18.1 Å². The summed E-state index contributed by atoms with van der Waals surface area (Å²) in [7, 11) is -2.46. The van der Waals surface area contributed by atoms with Crippen LogP contribution in [0.3, 0.4) is 0 Å². The summed E-state index contributed by atoms with van der Waals surface area (Å²) >= 11 is 0. The molecule has 1 aliphatic rings. The van der Waals surface area contributed by atoms with Crippen LogP contribution in [-0.2, 0) is 0 Å². The van der Waals surface area contributed by atoms with E-state index in [9.17, 15) is 13.5 Å². The van der Waals surface area contributed by atoms with Gasteiger partial charge in [-0.15, -0.1) is 0 Å². The number of nitrogen functional groups attached to an aromatic ring is 1. The highest BCUT2D eigenvalue weighted by atomic mass is 32.3. The summed E-state index contributed by atoms with van der Waals surface area (Å²) in [6, 6.07) is 12.4. The molecule has 0 bridgehead atoms. The molecular formula is C21H22FN3O3S. The lowest BCUT2D eigenvalue weighted by Gasteiger charge is -2.39. The van der Waals surface area contributed by atoms with Gasteiger partial charge in [-0.2, -0.15) is 10.6 Å². The van der Waals surface area contributed by atoms with E-state index in [0.717, 1.165) is 5.56 Å². The molecule has 1 aromatic heterocycles. The molecule has 1 fully saturated rings. The van der Waals surface area contributed by atoms with E-state index in [0.29, 0.717) is 46.9 Å². The van der Waals surface area contributed by atoms with Crippen LogP contribution in [0.4, 0.5) is 10.2 Å². The van der Waals surface area contributed by atoms with E-state index in [1.807, 2.05) is 30.3 Å². The molecule has 6 nitrogen and oxygen atoms in total. The maximum Gasteiger partial charge on any atom is 0.141 e. The van der Waals surface area contributed by atoms with Gasteiger partial charge in [0.1, 0.15) is 23.5 Å². The van der Waals surface area contributed by atoms with Crippen molar-refractivity contribution in [3.63, 3.8) is 0 Å². The number of anilines is 1. The van der Waals surface area contributed by atoms with Crippen molar-refractivity contribution in [1.82, 2.24) is 9.97 Å². The number of aromatic nitrogens is 2. The second-order valence-corrected chi connectivity index (χ2v) is 9.47. The Labute approximate surface area is 169 Å². The number of nitrogens with zero attached hydrogens (tertiary/aromatic N) is 2. The highest BCUT2D eigenvalue weighted by Gasteiger charge is 2.26. The fraction of sp³-hybridized carbons (Fsp3) is 0.238. The van der Waals surface area contributed by atoms with Crippen molar-refractivity contribution in [2.24, 2.45) is 0 Å². The first-order valence-electron chi connectivity index (χ1n) is 9.28. The van der Waals surface area contributed by atoms with Gasteiger partial charge in [-0.25, -0.2) is 9.37 Å². The number of nitrogens with two attached hydrogens (primary N) is 1. The van der Waals surface area contributed by atoms with Crippen molar-refractivity contribution in [3.8, 4) is 28.1 Å². The number of benzene rings is 2. The standard InChI is InChI=1S/C21H22FN3O3S/c22-18-11-14(5-6-17(18)19-12-25-21(23)13-24-19)16-3-1-2-4-20(16)28-15-7-9-29(26,27)10-8-15/h1-6,11-13,15,26-27H,7-10H2,(H2,23,25). The molecule has 0 spiro atoms. The lowest BCUT2D eigenvalue weighted by molar-refractivity contribution is 0.187. The summed E-state index contributed by atoms with van der Waals surface area (Å²) in [5.41, 5.74) is 7.76. The number of para-hydroxylation sites is 1. The summed E-state index contributed by atoms with van der Waals surface area (Å²) in [5.74, 6) is 1.22. The zero-order valence-corrected chi connectivity index (χ0v) is 16.5. The summed E-state index contributed by atoms with van der Waals surface area (Å²) in [6.45, 7) is 0. The number of ether oxygens (including phenoxy) is 1. The molecule has 152 valence electrons. The topological polar surface area (TPSA) is 101 Å². The first-order chi connectivity index (χ1) is 13.9. The third kappa shape index (κ3) is 4.50. The van der Waals surface area contributed by atoms with E-state index in [-0.39, 0.29) is 11.9 Å². The van der Waals surface area contributed by atoms with E-state index < -0.39 is 16.4 Å². The fourth-order valence-corrected chi connectivity index (χ4v) is 4.84. The number of hydrogen-bond donors (Lipinski definition) is 3. The minimum absolute atomic E-state index is 0.0924. The van der Waals surface area contributed by atoms with Crippen molar-refractivity contribution in [2.45, 2.75) is 18.9 Å². The Kier molecular flexibility index (Phi) is 5.40. The summed E-state index contributed by atoms with van der Waals surface area (Å²) in [5, 5.41) is 0. The first kappa shape index (κ1) is 19.6. The van der Waals surface area contributed by atoms with Gasteiger partial charge in [0.25, 0.3) is 0 Å². The smallest absolute Gasteiger partial charge is 0.141 e. The average molecular weight is 415 g/mol. The maximum atomic E-state index is 14.8. The van der Waals surface area contributed by atoms with Gasteiger partial charge in [-0.05, 0) is 23.8 Å². The molecule has 0 saturated carbocycles. The number of rotatable bonds is 4. The van der Waals surface area contributed by atoms with Crippen molar-refractivity contribution >= 4 is 16.4 Å². The molecule has 29 heavy (non-hydrogen) atoms. The monoisotopic (exact) mass is 415 g/mol. The quantitative estimate of drug-likeness (QED) is 0.564. The van der Waals surface area contributed by atoms with E-state index in [4.69, 9.17) is 10.5 Å². The summed E-state index contributed by atoms with van der Waals surface area (Å²) in [6.07, 6.45) is 3.91. The molecule has 8 heteroatoms. The molecule has 0 amide bonds. The molecular weight excluding hydrogens is 393 g/mol. The van der Waals surface area contributed by atoms with Crippen LogP contribution in [0, 0.1) is 5.82 Å². The van der Waals surface area contributed by atoms with Crippen LogP contribution in [-0.4, -0.2) is 36.7 Å². The Morgan fingerprint density at radius 3 is 2.45 bits per heavy atom. The molecule has 4 N–H and O–H groups in total. The zero-order chi connectivity index (χ0) is 20.4. The normalized spacial score (nSPS) is 17.6. The number of halogens is 1. The molecule has 2 aromatic carbocycles. The Balaban J connectivity index is 1.59. The van der Waals surface area contributed by atoms with Crippen molar-refractivity contribution < 1.29 is 18.2 Å². The van der Waals surface area contributed by atoms with Gasteiger partial charge in [0.15, 0.2) is 0 Å². The first-order valence-corrected chi connectivity index (χ1v) is 11.2. The molecule has 4 rings (SSSR count). The molecule has 0 radical (unpaired) electrons. The maximum absolute atomic E-state index is 14.8.